The summed E-state index contributed by atoms with van der Waals surface area (Å²) in [5.74, 6) is 0.115. The van der Waals surface area contributed by atoms with Crippen LogP contribution in [0.1, 0.15) is 33.1 Å². The Balaban J connectivity index is 2.44. The molecule has 1 rings (SSSR count). The van der Waals surface area contributed by atoms with Gasteiger partial charge in [0.05, 0.1) is 5.54 Å². The zero-order valence-corrected chi connectivity index (χ0v) is 9.10. The van der Waals surface area contributed by atoms with Crippen molar-refractivity contribution in [2.75, 3.05) is 6.54 Å². The third-order valence-electron chi connectivity index (χ3n) is 2.77. The average molecular weight is 196 g/mol. The highest BCUT2D eigenvalue weighted by Gasteiger charge is 2.35. The zero-order chi connectivity index (χ0) is 10.6. The van der Waals surface area contributed by atoms with E-state index >= 15 is 0 Å². The standard InChI is InChI=1S/C11H20N2O/c1-4-6-9(2)13-10(14)11(3)7-5-8-12-11/h4,9,12H,1,5-8H2,2-3H3,(H,13,14). The van der Waals surface area contributed by atoms with Crippen molar-refractivity contribution in [1.29, 1.82) is 0 Å². The van der Waals surface area contributed by atoms with Gasteiger partial charge in [0.2, 0.25) is 5.91 Å². The van der Waals surface area contributed by atoms with Crippen LogP contribution in [0.15, 0.2) is 12.7 Å². The molecule has 0 aromatic carbocycles. The third-order valence-corrected chi connectivity index (χ3v) is 2.77. The molecule has 0 aromatic heterocycles. The predicted octanol–water partition coefficient (Wildman–Crippen LogP) is 1.21. The van der Waals surface area contributed by atoms with E-state index in [2.05, 4.69) is 17.2 Å². The fraction of sp³-hybridized carbons (Fsp3) is 0.727. The number of rotatable bonds is 4. The Morgan fingerprint density at radius 1 is 1.79 bits per heavy atom. The molecule has 1 aliphatic rings. The van der Waals surface area contributed by atoms with E-state index in [1.54, 1.807) is 0 Å². The lowest BCUT2D eigenvalue weighted by molar-refractivity contribution is -0.127. The minimum Gasteiger partial charge on any atom is -0.352 e. The molecular weight excluding hydrogens is 176 g/mol. The Morgan fingerprint density at radius 2 is 2.50 bits per heavy atom. The number of carbonyl (C=O) groups excluding carboxylic acids is 1. The van der Waals surface area contributed by atoms with E-state index in [1.165, 1.54) is 0 Å². The predicted molar refractivity (Wildman–Crippen MR) is 58.1 cm³/mol. The molecule has 80 valence electrons. The number of nitrogens with one attached hydrogen (secondary N) is 2. The van der Waals surface area contributed by atoms with Crippen LogP contribution in [0.3, 0.4) is 0 Å². The minimum atomic E-state index is -0.352. The van der Waals surface area contributed by atoms with Crippen LogP contribution >= 0.6 is 0 Å². The van der Waals surface area contributed by atoms with Gasteiger partial charge in [-0.2, -0.15) is 0 Å². The van der Waals surface area contributed by atoms with Crippen LogP contribution in [0.25, 0.3) is 0 Å². The summed E-state index contributed by atoms with van der Waals surface area (Å²) in [6.45, 7) is 8.57. The summed E-state index contributed by atoms with van der Waals surface area (Å²) in [4.78, 5) is 11.8. The summed E-state index contributed by atoms with van der Waals surface area (Å²) in [6.07, 6.45) is 4.66. The first-order chi connectivity index (χ1) is 6.58. The molecule has 0 radical (unpaired) electrons. The van der Waals surface area contributed by atoms with E-state index < -0.39 is 0 Å². The highest BCUT2D eigenvalue weighted by molar-refractivity contribution is 5.86. The summed E-state index contributed by atoms with van der Waals surface area (Å²) >= 11 is 0. The molecule has 0 aliphatic carbocycles. The molecule has 1 fully saturated rings. The SMILES string of the molecule is C=CCC(C)NC(=O)C1(C)CCCN1. The molecule has 0 saturated carbocycles. The lowest BCUT2D eigenvalue weighted by Gasteiger charge is -2.25. The zero-order valence-electron chi connectivity index (χ0n) is 9.10. The fourth-order valence-corrected chi connectivity index (χ4v) is 1.78. The Labute approximate surface area is 86.0 Å². The van der Waals surface area contributed by atoms with Crippen molar-refractivity contribution in [3.8, 4) is 0 Å². The van der Waals surface area contributed by atoms with Crippen LogP contribution in [-0.4, -0.2) is 24.0 Å². The van der Waals surface area contributed by atoms with Crippen LogP contribution in [0.2, 0.25) is 0 Å². The molecule has 2 atom stereocenters. The van der Waals surface area contributed by atoms with E-state index in [9.17, 15) is 4.79 Å². The molecule has 0 spiro atoms. The van der Waals surface area contributed by atoms with Crippen molar-refractivity contribution >= 4 is 5.91 Å². The van der Waals surface area contributed by atoms with Crippen molar-refractivity contribution in [1.82, 2.24) is 10.6 Å². The fourth-order valence-electron chi connectivity index (χ4n) is 1.78. The minimum absolute atomic E-state index is 0.115. The summed E-state index contributed by atoms with van der Waals surface area (Å²) in [6, 6.07) is 0.180. The van der Waals surface area contributed by atoms with Crippen molar-refractivity contribution in [2.45, 2.75) is 44.7 Å². The number of hydrogen-bond donors (Lipinski definition) is 2. The molecule has 0 aromatic rings. The van der Waals surface area contributed by atoms with Crippen LogP contribution in [-0.2, 0) is 4.79 Å². The maximum atomic E-state index is 11.8. The van der Waals surface area contributed by atoms with Crippen molar-refractivity contribution in [2.24, 2.45) is 0 Å². The van der Waals surface area contributed by atoms with E-state index in [4.69, 9.17) is 0 Å². The second-order valence-electron chi connectivity index (χ2n) is 4.26. The lowest BCUT2D eigenvalue weighted by atomic mass is 9.99. The first-order valence-corrected chi connectivity index (χ1v) is 5.25. The average Bonchev–Trinajstić information content (AvgIpc) is 2.54. The summed E-state index contributed by atoms with van der Waals surface area (Å²) < 4.78 is 0. The first-order valence-electron chi connectivity index (χ1n) is 5.25. The van der Waals surface area contributed by atoms with Gasteiger partial charge in [-0.3, -0.25) is 4.79 Å². The molecule has 1 amide bonds. The number of amides is 1. The highest BCUT2D eigenvalue weighted by atomic mass is 16.2. The van der Waals surface area contributed by atoms with Crippen molar-refractivity contribution < 1.29 is 4.79 Å². The molecule has 2 unspecified atom stereocenters. The third kappa shape index (κ3) is 2.58. The molecular formula is C11H20N2O. The van der Waals surface area contributed by atoms with Gasteiger partial charge >= 0.3 is 0 Å². The normalized spacial score (nSPS) is 28.4. The van der Waals surface area contributed by atoms with Crippen LogP contribution in [0.5, 0.6) is 0 Å². The summed E-state index contributed by atoms with van der Waals surface area (Å²) in [7, 11) is 0. The van der Waals surface area contributed by atoms with Crippen LogP contribution in [0.4, 0.5) is 0 Å². The number of carbonyl (C=O) groups is 1. The van der Waals surface area contributed by atoms with Gasteiger partial charge < -0.3 is 10.6 Å². The lowest BCUT2D eigenvalue weighted by Crippen LogP contribution is -2.53. The molecule has 1 saturated heterocycles. The van der Waals surface area contributed by atoms with Crippen LogP contribution < -0.4 is 10.6 Å². The van der Waals surface area contributed by atoms with Gasteiger partial charge in [-0.15, -0.1) is 6.58 Å². The molecule has 1 aliphatic heterocycles. The van der Waals surface area contributed by atoms with E-state index in [-0.39, 0.29) is 17.5 Å². The second kappa shape index (κ2) is 4.60. The van der Waals surface area contributed by atoms with Gasteiger partial charge in [0.15, 0.2) is 0 Å². The van der Waals surface area contributed by atoms with E-state index in [0.717, 1.165) is 25.8 Å². The van der Waals surface area contributed by atoms with Gasteiger partial charge in [-0.05, 0) is 39.7 Å². The molecule has 1 heterocycles. The van der Waals surface area contributed by atoms with E-state index in [0.29, 0.717) is 0 Å². The van der Waals surface area contributed by atoms with Gasteiger partial charge in [0.25, 0.3) is 0 Å². The van der Waals surface area contributed by atoms with Gasteiger partial charge in [-0.1, -0.05) is 6.08 Å². The van der Waals surface area contributed by atoms with Crippen LogP contribution in [0, 0.1) is 0 Å². The Kier molecular flexibility index (Phi) is 3.69. The smallest absolute Gasteiger partial charge is 0.240 e. The summed E-state index contributed by atoms with van der Waals surface area (Å²) in [5, 5.41) is 6.23. The Morgan fingerprint density at radius 3 is 3.00 bits per heavy atom. The molecule has 2 N–H and O–H groups in total. The molecule has 3 heteroatoms. The van der Waals surface area contributed by atoms with Crippen molar-refractivity contribution in [3.63, 3.8) is 0 Å². The molecule has 14 heavy (non-hydrogen) atoms. The summed E-state index contributed by atoms with van der Waals surface area (Å²) in [5.41, 5.74) is -0.352. The molecule has 0 bridgehead atoms. The quantitative estimate of drug-likeness (QED) is 0.664. The van der Waals surface area contributed by atoms with Crippen molar-refractivity contribution in [3.05, 3.63) is 12.7 Å². The Hall–Kier alpha value is -0.830. The van der Waals surface area contributed by atoms with Gasteiger partial charge in [0.1, 0.15) is 0 Å². The molecule has 3 nitrogen and oxygen atoms in total. The maximum Gasteiger partial charge on any atom is 0.240 e. The Bertz CT molecular complexity index is 219. The van der Waals surface area contributed by atoms with Gasteiger partial charge in [-0.25, -0.2) is 0 Å². The number of hydrogen-bond acceptors (Lipinski definition) is 2. The second-order valence-corrected chi connectivity index (χ2v) is 4.26. The monoisotopic (exact) mass is 196 g/mol. The highest BCUT2D eigenvalue weighted by Crippen LogP contribution is 2.18. The topological polar surface area (TPSA) is 41.1 Å². The maximum absolute atomic E-state index is 11.8. The first kappa shape index (κ1) is 11.2. The van der Waals surface area contributed by atoms with E-state index in [1.807, 2.05) is 19.9 Å². The largest absolute Gasteiger partial charge is 0.352 e. The van der Waals surface area contributed by atoms with Gasteiger partial charge in [0, 0.05) is 6.04 Å².